The molecule has 4 rings (SSSR count). The van der Waals surface area contributed by atoms with Gasteiger partial charge >= 0.3 is 5.97 Å². The molecule has 0 aliphatic carbocycles. The molecule has 0 spiro atoms. The van der Waals surface area contributed by atoms with E-state index in [9.17, 15) is 24.9 Å². The Bertz CT molecular complexity index is 1140. The lowest BCUT2D eigenvalue weighted by Gasteiger charge is -2.34. The van der Waals surface area contributed by atoms with Crippen LogP contribution in [0.15, 0.2) is 22.6 Å². The first-order valence-electron chi connectivity index (χ1n) is 13.1. The summed E-state index contributed by atoms with van der Waals surface area (Å²) in [4.78, 5) is 30.5. The van der Waals surface area contributed by atoms with Gasteiger partial charge in [0, 0.05) is 12.3 Å². The van der Waals surface area contributed by atoms with Gasteiger partial charge < -0.3 is 29.2 Å². The van der Waals surface area contributed by atoms with Gasteiger partial charge in [-0.1, -0.05) is 40.2 Å². The maximum atomic E-state index is 13.3. The van der Waals surface area contributed by atoms with E-state index < -0.39 is 35.6 Å². The van der Waals surface area contributed by atoms with Crippen molar-refractivity contribution >= 4 is 22.9 Å². The highest BCUT2D eigenvalue weighted by Crippen LogP contribution is 2.46. The molecule has 204 valence electrons. The second-order valence-corrected chi connectivity index (χ2v) is 11.6. The summed E-state index contributed by atoms with van der Waals surface area (Å²) in [5.41, 5.74) is 0.146. The summed E-state index contributed by atoms with van der Waals surface area (Å²) in [6.07, 6.45) is -0.506. The lowest BCUT2D eigenvalue weighted by atomic mass is 9.73. The molecule has 3 N–H and O–H groups in total. The van der Waals surface area contributed by atoms with Crippen LogP contribution in [0.4, 0.5) is 0 Å². The number of oxazole rings is 1. The van der Waals surface area contributed by atoms with Crippen LogP contribution in [-0.4, -0.2) is 56.0 Å². The monoisotopic (exact) mass is 517 g/mol. The Hall–Kier alpha value is -2.33. The minimum atomic E-state index is -1.28. The van der Waals surface area contributed by atoms with Gasteiger partial charge in [-0.3, -0.25) is 9.59 Å². The van der Waals surface area contributed by atoms with Crippen molar-refractivity contribution in [3.05, 3.63) is 29.7 Å². The number of esters is 1. The van der Waals surface area contributed by atoms with Gasteiger partial charge in [0.25, 0.3) is 0 Å². The molecule has 1 aromatic heterocycles. The van der Waals surface area contributed by atoms with E-state index >= 15 is 0 Å². The second kappa shape index (κ2) is 10.4. The maximum Gasteiger partial charge on any atom is 0.309 e. The van der Waals surface area contributed by atoms with Crippen LogP contribution in [0, 0.1) is 17.3 Å². The van der Waals surface area contributed by atoms with Crippen molar-refractivity contribution in [3.8, 4) is 0 Å². The number of hydrogen-bond acceptors (Lipinski definition) is 9. The van der Waals surface area contributed by atoms with Gasteiger partial charge in [0.15, 0.2) is 5.58 Å². The van der Waals surface area contributed by atoms with Crippen LogP contribution in [0.1, 0.15) is 84.3 Å². The zero-order chi connectivity index (χ0) is 27.1. The van der Waals surface area contributed by atoms with Crippen LogP contribution >= 0.6 is 0 Å². The largest absolute Gasteiger partial charge is 0.457 e. The summed E-state index contributed by atoms with van der Waals surface area (Å²) >= 11 is 0. The van der Waals surface area contributed by atoms with Crippen LogP contribution in [-0.2, 0) is 25.7 Å². The third kappa shape index (κ3) is 5.74. The van der Waals surface area contributed by atoms with E-state index in [1.807, 2.05) is 13.8 Å². The zero-order valence-corrected chi connectivity index (χ0v) is 22.3. The number of hydrogen-bond donors (Lipinski definition) is 3. The van der Waals surface area contributed by atoms with E-state index in [0.29, 0.717) is 23.1 Å². The molecule has 7 atom stereocenters. The van der Waals surface area contributed by atoms with Crippen LogP contribution in [0.3, 0.4) is 0 Å². The number of cyclic esters (lactones) is 1. The zero-order valence-electron chi connectivity index (χ0n) is 22.3. The molecule has 9 heteroatoms. The molecule has 0 radical (unpaired) electrons. The molecule has 3 heterocycles. The molecular formula is C28H39NO8. The molecule has 0 saturated carbocycles. The number of ether oxygens (including phenoxy) is 2. The van der Waals surface area contributed by atoms with Gasteiger partial charge in [0.1, 0.15) is 24.0 Å². The first-order valence-corrected chi connectivity index (χ1v) is 13.1. The molecule has 2 aliphatic heterocycles. The Kier molecular flexibility index (Phi) is 7.82. The Morgan fingerprint density at radius 2 is 1.86 bits per heavy atom. The summed E-state index contributed by atoms with van der Waals surface area (Å²) in [7, 11) is 0. The Labute approximate surface area is 217 Å². The van der Waals surface area contributed by atoms with Crippen molar-refractivity contribution in [2.75, 3.05) is 0 Å². The number of carbonyl (C=O) groups is 2. The average Bonchev–Trinajstić information content (AvgIpc) is 3.29. The number of epoxide rings is 1. The lowest BCUT2D eigenvalue weighted by Crippen LogP contribution is -2.45. The molecule has 0 bridgehead atoms. The number of aliphatic hydroxyl groups excluding tert-OH is 3. The normalized spacial score (nSPS) is 35.7. The topological polar surface area (TPSA) is 143 Å². The molecule has 2 aliphatic rings. The molecule has 1 aromatic carbocycles. The molecule has 0 unspecified atom stereocenters. The summed E-state index contributed by atoms with van der Waals surface area (Å²) in [6.45, 7) is 8.53. The number of aromatic nitrogens is 1. The van der Waals surface area contributed by atoms with Gasteiger partial charge in [-0.15, -0.1) is 0 Å². The lowest BCUT2D eigenvalue weighted by molar-refractivity contribution is -0.156. The number of nitrogens with zero attached hydrogens (tertiary/aromatic N) is 1. The number of fused-ring (bicyclic) bond motifs is 2. The minimum Gasteiger partial charge on any atom is -0.457 e. The smallest absolute Gasteiger partial charge is 0.309 e. The van der Waals surface area contributed by atoms with Crippen LogP contribution < -0.4 is 0 Å². The van der Waals surface area contributed by atoms with Crippen LogP contribution in [0.25, 0.3) is 11.1 Å². The molecule has 2 saturated heterocycles. The van der Waals surface area contributed by atoms with Crippen molar-refractivity contribution in [3.63, 3.8) is 0 Å². The predicted molar refractivity (Wildman–Crippen MR) is 134 cm³/mol. The van der Waals surface area contributed by atoms with Crippen molar-refractivity contribution in [1.82, 2.24) is 4.98 Å². The number of benzene rings is 1. The highest BCUT2D eigenvalue weighted by atomic mass is 16.6. The Balaban J connectivity index is 1.62. The van der Waals surface area contributed by atoms with Gasteiger partial charge in [-0.2, -0.15) is 0 Å². The Morgan fingerprint density at radius 3 is 2.57 bits per heavy atom. The molecule has 2 fully saturated rings. The predicted octanol–water partition coefficient (Wildman–Crippen LogP) is 3.62. The third-order valence-corrected chi connectivity index (χ3v) is 8.37. The molecule has 0 amide bonds. The fourth-order valence-electron chi connectivity index (χ4n) is 5.48. The first kappa shape index (κ1) is 27.7. The van der Waals surface area contributed by atoms with Gasteiger partial charge in [0.05, 0.1) is 35.7 Å². The molecule has 2 aromatic rings. The van der Waals surface area contributed by atoms with E-state index in [4.69, 9.17) is 13.9 Å². The number of carbonyl (C=O) groups excluding carboxylic acids is 2. The fraction of sp³-hybridized carbons (Fsp3) is 0.679. The minimum absolute atomic E-state index is 0.101. The molecule has 9 nitrogen and oxygen atoms in total. The van der Waals surface area contributed by atoms with E-state index in [2.05, 4.69) is 4.98 Å². The maximum absolute atomic E-state index is 13.3. The van der Waals surface area contributed by atoms with Gasteiger partial charge in [0.2, 0.25) is 5.89 Å². The number of ketones is 1. The second-order valence-electron chi connectivity index (χ2n) is 11.6. The first-order chi connectivity index (χ1) is 17.4. The number of rotatable bonds is 2. The SMILES string of the molecule is C[C@H]1CCC[C@@]2(C)O[C@H]2C[C@@H](c2ccc3oc(CO)nc3c2)OC(=O)C[C@H](O)C(C)(C)C(=O)[C@H](C)[C@H]1O. The van der Waals surface area contributed by atoms with E-state index in [0.717, 1.165) is 19.3 Å². The summed E-state index contributed by atoms with van der Waals surface area (Å²) in [6, 6.07) is 5.28. The summed E-state index contributed by atoms with van der Waals surface area (Å²) in [5, 5.41) is 31.1. The van der Waals surface area contributed by atoms with Crippen molar-refractivity contribution in [2.24, 2.45) is 17.3 Å². The van der Waals surface area contributed by atoms with E-state index in [-0.39, 0.29) is 42.3 Å². The van der Waals surface area contributed by atoms with Crippen molar-refractivity contribution in [1.29, 1.82) is 0 Å². The van der Waals surface area contributed by atoms with E-state index in [1.165, 1.54) is 0 Å². The fourth-order valence-corrected chi connectivity index (χ4v) is 5.48. The number of Topliss-reactive ketones (excluding diaryl/α,β-unsaturated/α-hetero) is 1. The standard InChI is InChI=1S/C28H39NO8/c1-15-7-6-10-28(5)22(37-28)12-20(17-8-9-19-18(11-17)29-23(14-30)35-19)36-24(32)13-21(31)27(3,4)26(34)16(2)25(15)33/h8-9,11,15-16,20-22,25,30-31,33H,6-7,10,12-14H2,1-5H3/t15-,16+,20-,21-,22-,25-,28+/m0/s1. The van der Waals surface area contributed by atoms with Crippen molar-refractivity contribution < 1.29 is 38.8 Å². The van der Waals surface area contributed by atoms with Crippen molar-refractivity contribution in [2.45, 2.75) is 103 Å². The highest BCUT2D eigenvalue weighted by molar-refractivity contribution is 5.88. The molecular weight excluding hydrogens is 478 g/mol. The quantitative estimate of drug-likeness (QED) is 0.402. The summed E-state index contributed by atoms with van der Waals surface area (Å²) < 4.78 is 17.4. The van der Waals surface area contributed by atoms with Crippen LogP contribution in [0.2, 0.25) is 0 Å². The van der Waals surface area contributed by atoms with Crippen LogP contribution in [0.5, 0.6) is 0 Å². The van der Waals surface area contributed by atoms with Gasteiger partial charge in [-0.25, -0.2) is 4.98 Å². The average molecular weight is 518 g/mol. The molecule has 37 heavy (non-hydrogen) atoms. The third-order valence-electron chi connectivity index (χ3n) is 8.37. The number of aliphatic hydroxyl groups is 3. The Morgan fingerprint density at radius 1 is 1.14 bits per heavy atom. The van der Waals surface area contributed by atoms with Gasteiger partial charge in [-0.05, 0) is 43.4 Å². The summed E-state index contributed by atoms with van der Waals surface area (Å²) in [5.74, 6) is -1.51. The highest BCUT2D eigenvalue weighted by Gasteiger charge is 2.53. The van der Waals surface area contributed by atoms with E-state index in [1.54, 1.807) is 39.0 Å².